The summed E-state index contributed by atoms with van der Waals surface area (Å²) in [5.74, 6) is -1.23. The van der Waals surface area contributed by atoms with E-state index in [-0.39, 0.29) is 48.9 Å². The molecule has 3 N–H and O–H groups in total. The Bertz CT molecular complexity index is 2550. The second-order valence-electron chi connectivity index (χ2n) is 20.5. The van der Waals surface area contributed by atoms with Crippen LogP contribution >= 0.6 is 11.3 Å². The third-order valence-electron chi connectivity index (χ3n) is 14.3. The number of hydrogen-bond acceptors (Lipinski definition) is 12. The summed E-state index contributed by atoms with van der Waals surface area (Å²) in [5.41, 5.74) is 9.32. The van der Waals surface area contributed by atoms with E-state index in [0.29, 0.717) is 57.0 Å². The van der Waals surface area contributed by atoms with Crippen molar-refractivity contribution in [3.8, 4) is 22.5 Å². The maximum Gasteiger partial charge on any atom is 0.324 e. The number of fused-ring (bicyclic) bond motifs is 6. The number of carbonyl (C=O) groups excluding carboxylic acids is 5. The molecule has 4 aliphatic rings. The first-order valence-electron chi connectivity index (χ1n) is 24.6. The van der Waals surface area contributed by atoms with Gasteiger partial charge in [0.2, 0.25) is 11.8 Å². The lowest BCUT2D eigenvalue weighted by atomic mass is 9.84. The number of aryl methyl sites for hydroxylation is 1. The van der Waals surface area contributed by atoms with E-state index in [4.69, 9.17) is 19.4 Å². The number of nitrogens with one attached hydrogen (secondary N) is 3. The Labute approximate surface area is 409 Å². The molecule has 18 heteroatoms. The maximum absolute atomic E-state index is 14.7. The summed E-state index contributed by atoms with van der Waals surface area (Å²) in [4.78, 5) is 84.8. The number of methoxy groups -OCH3 is 1. The number of pyridine rings is 1. The number of piperidine rings is 1. The largest absolute Gasteiger partial charge is 0.464 e. The van der Waals surface area contributed by atoms with E-state index >= 15 is 0 Å². The second kappa shape index (κ2) is 20.9. The molecule has 0 aliphatic carbocycles. The molecule has 8 rings (SSSR count). The van der Waals surface area contributed by atoms with Gasteiger partial charge >= 0.3 is 12.0 Å². The van der Waals surface area contributed by atoms with Crippen LogP contribution in [0.25, 0.3) is 33.4 Å². The third kappa shape index (κ3) is 10.8. The van der Waals surface area contributed by atoms with Crippen molar-refractivity contribution in [1.29, 1.82) is 0 Å². The fourth-order valence-corrected chi connectivity index (χ4v) is 11.2. The molecule has 3 saturated heterocycles. The van der Waals surface area contributed by atoms with Crippen LogP contribution in [0.5, 0.6) is 0 Å². The van der Waals surface area contributed by atoms with Gasteiger partial charge < -0.3 is 39.4 Å². The van der Waals surface area contributed by atoms with Crippen molar-refractivity contribution in [3.63, 3.8) is 0 Å². The molecule has 0 spiro atoms. The molecule has 7 heterocycles. The van der Waals surface area contributed by atoms with Gasteiger partial charge in [-0.15, -0.1) is 11.3 Å². The van der Waals surface area contributed by atoms with E-state index in [1.165, 1.54) is 21.2 Å². The average Bonchev–Trinajstić information content (AvgIpc) is 4.02. The van der Waals surface area contributed by atoms with Gasteiger partial charge in [0.15, 0.2) is 0 Å². The number of nitrogens with zero attached hydrogens (tertiary/aromatic N) is 7. The number of benzene rings is 1. The van der Waals surface area contributed by atoms with Gasteiger partial charge in [-0.3, -0.25) is 29.2 Å². The van der Waals surface area contributed by atoms with Crippen LogP contribution < -0.4 is 16.1 Å². The van der Waals surface area contributed by atoms with Gasteiger partial charge in [0.1, 0.15) is 18.1 Å². The first-order valence-corrected chi connectivity index (χ1v) is 25.5. The zero-order valence-electron chi connectivity index (χ0n) is 41.7. The summed E-state index contributed by atoms with van der Waals surface area (Å²) in [5, 5.41) is 11.3. The minimum absolute atomic E-state index is 0.0796. The number of urea groups is 1. The molecule has 5 amide bonds. The van der Waals surface area contributed by atoms with E-state index in [1.807, 2.05) is 39.3 Å². The Hall–Kier alpha value is -5.43. The number of esters is 1. The van der Waals surface area contributed by atoms with Crippen molar-refractivity contribution in [2.75, 3.05) is 60.5 Å². The number of cyclic esters (lactones) is 1. The number of hydrogen-bond donors (Lipinski definition) is 3. The zero-order chi connectivity index (χ0) is 49.3. The number of aromatic nitrogens is 3. The molecule has 3 aromatic heterocycles. The van der Waals surface area contributed by atoms with Crippen LogP contribution in [-0.2, 0) is 48.0 Å². The quantitative estimate of drug-likeness (QED) is 0.128. The number of thiazole rings is 1. The van der Waals surface area contributed by atoms with Gasteiger partial charge in [0, 0.05) is 106 Å². The second-order valence-corrected chi connectivity index (χ2v) is 21.4. The zero-order valence-corrected chi connectivity index (χ0v) is 42.5. The summed E-state index contributed by atoms with van der Waals surface area (Å²) in [6.45, 7) is 15.7. The van der Waals surface area contributed by atoms with Crippen molar-refractivity contribution >= 4 is 52.0 Å². The number of rotatable bonds is 11. The van der Waals surface area contributed by atoms with Crippen molar-refractivity contribution in [2.24, 2.45) is 17.3 Å². The first kappa shape index (κ1) is 50.0. The summed E-state index contributed by atoms with van der Waals surface area (Å²) in [6, 6.07) is 7.36. The van der Waals surface area contributed by atoms with Gasteiger partial charge in [-0.05, 0) is 87.6 Å². The van der Waals surface area contributed by atoms with E-state index < -0.39 is 41.3 Å². The predicted octanol–water partition coefficient (Wildman–Crippen LogP) is 5.42. The number of likely N-dealkylation sites (N-methyl/N-ethyl adjacent to an activating group) is 2. The highest BCUT2D eigenvalue weighted by molar-refractivity contribution is 7.10. The van der Waals surface area contributed by atoms with Crippen molar-refractivity contribution in [1.82, 2.24) is 50.3 Å². The molecule has 3 fully saturated rings. The third-order valence-corrected chi connectivity index (χ3v) is 15.1. The summed E-state index contributed by atoms with van der Waals surface area (Å²) >= 11 is 1.42. The van der Waals surface area contributed by atoms with E-state index in [1.54, 1.807) is 30.2 Å². The van der Waals surface area contributed by atoms with E-state index in [9.17, 15) is 24.0 Å². The van der Waals surface area contributed by atoms with Gasteiger partial charge in [0.05, 0.1) is 40.8 Å². The fourth-order valence-electron chi connectivity index (χ4n) is 10.4. The molecule has 5 atom stereocenters. The minimum Gasteiger partial charge on any atom is -0.464 e. The standard InChI is InChI=1S/C51H70N10O7S/c1-10-60-41-16-15-33-23-35(41)36(45(60)34-13-11-19-52-43(34)31(4)67-9)25-51(5,6)29-68-49(65)37-14-12-20-61(56-37)48(64)38(24-42-54-40(33)28-69-42)55-46(62)44(30(2)3)58(8)50(66)59-21-17-32(18-22-59)27-57(7)47(63)39-26-53-39/h11,13,15-16,19,23,28,30-32,37-39,44,53,56H,10,12,14,17-18,20-22,24-27,29H2,1-9H3,(H,55,62)/t31-,37-,38-,39+,44-/m0/s1. The van der Waals surface area contributed by atoms with Gasteiger partial charge in [-0.1, -0.05) is 33.8 Å². The maximum atomic E-state index is 14.7. The number of ether oxygens (including phenoxy) is 2. The van der Waals surface area contributed by atoms with Crippen LogP contribution in [0.4, 0.5) is 4.79 Å². The number of amides is 5. The van der Waals surface area contributed by atoms with Crippen molar-refractivity contribution in [3.05, 3.63) is 58.2 Å². The molecular weight excluding hydrogens is 897 g/mol. The molecule has 4 aliphatic heterocycles. The highest BCUT2D eigenvalue weighted by Gasteiger charge is 2.40. The summed E-state index contributed by atoms with van der Waals surface area (Å²) in [6.07, 6.45) is 4.72. The van der Waals surface area contributed by atoms with Crippen LogP contribution in [0.3, 0.4) is 0 Å². The first-order chi connectivity index (χ1) is 33.0. The Morgan fingerprint density at radius 3 is 2.52 bits per heavy atom. The molecule has 17 nitrogen and oxygen atoms in total. The number of hydrazine groups is 1. The lowest BCUT2D eigenvalue weighted by molar-refractivity contribution is -0.155. The Balaban J connectivity index is 1.09. The normalized spacial score (nSPS) is 21.9. The van der Waals surface area contributed by atoms with Crippen LogP contribution in [0.1, 0.15) is 89.6 Å². The smallest absolute Gasteiger partial charge is 0.324 e. The van der Waals surface area contributed by atoms with E-state index in [2.05, 4.69) is 65.7 Å². The van der Waals surface area contributed by atoms with Crippen LogP contribution in [0.2, 0.25) is 0 Å². The van der Waals surface area contributed by atoms with E-state index in [0.717, 1.165) is 64.1 Å². The molecule has 0 radical (unpaired) electrons. The van der Waals surface area contributed by atoms with Gasteiger partial charge in [-0.25, -0.2) is 15.2 Å². The average molecular weight is 967 g/mol. The Morgan fingerprint density at radius 1 is 1.07 bits per heavy atom. The topological polar surface area (TPSA) is 193 Å². The number of likely N-dealkylation sites (tertiary alicyclic amines) is 1. The van der Waals surface area contributed by atoms with Gasteiger partial charge in [0.25, 0.3) is 5.91 Å². The van der Waals surface area contributed by atoms with Crippen LogP contribution in [-0.4, -0.2) is 149 Å². The van der Waals surface area contributed by atoms with Gasteiger partial charge in [-0.2, -0.15) is 0 Å². The molecule has 69 heavy (non-hydrogen) atoms. The lowest BCUT2D eigenvalue weighted by Gasteiger charge is -2.39. The SMILES string of the molecule is CCn1c(-c2cccnc2[C@H](C)OC)c2c3cc(ccc31)-c1csc(n1)C[C@H](NC(=O)[C@H](C(C)C)N(C)C(=O)N1CCC(CN(C)C(=O)[C@H]3CN3)CC1)C(=O)N1CCC[C@H](N1)C(=O)OCC(C)(C)C2. The molecule has 6 bridgehead atoms. The predicted molar refractivity (Wildman–Crippen MR) is 265 cm³/mol. The molecule has 0 unspecified atom stereocenters. The lowest BCUT2D eigenvalue weighted by Crippen LogP contribution is -2.62. The van der Waals surface area contributed by atoms with Crippen LogP contribution in [0, 0.1) is 17.3 Å². The molecule has 1 aromatic carbocycles. The summed E-state index contributed by atoms with van der Waals surface area (Å²) in [7, 11) is 5.17. The Kier molecular flexibility index (Phi) is 15.1. The Morgan fingerprint density at radius 2 is 1.83 bits per heavy atom. The molecule has 372 valence electrons. The number of carbonyl (C=O) groups is 5. The fraction of sp³-hybridized carbons (Fsp3) is 0.588. The highest BCUT2D eigenvalue weighted by atomic mass is 32.1. The molecule has 4 aromatic rings. The van der Waals surface area contributed by atoms with Crippen LogP contribution in [0.15, 0.2) is 41.9 Å². The molecular formula is C51H70N10O7S. The molecule has 0 saturated carbocycles. The van der Waals surface area contributed by atoms with Crippen molar-refractivity contribution in [2.45, 2.75) is 117 Å². The minimum atomic E-state index is -1.07. The van der Waals surface area contributed by atoms with Crippen molar-refractivity contribution < 1.29 is 33.4 Å². The highest BCUT2D eigenvalue weighted by Crippen LogP contribution is 2.42. The monoisotopic (exact) mass is 967 g/mol. The summed E-state index contributed by atoms with van der Waals surface area (Å²) < 4.78 is 14.3.